The van der Waals surface area contributed by atoms with E-state index in [1.165, 1.54) is 11.1 Å². The number of nitrogens with one attached hydrogen (secondary N) is 1. The van der Waals surface area contributed by atoms with Gasteiger partial charge in [-0.3, -0.25) is 0 Å². The van der Waals surface area contributed by atoms with Crippen LogP contribution in [0.15, 0.2) is 42.5 Å². The molecule has 1 aliphatic heterocycles. The molecule has 0 saturated heterocycles. The highest BCUT2D eigenvalue weighted by atomic mass is 16.4. The van der Waals surface area contributed by atoms with Crippen molar-refractivity contribution in [3.8, 4) is 11.1 Å². The van der Waals surface area contributed by atoms with Gasteiger partial charge in [0.2, 0.25) is 0 Å². The Morgan fingerprint density at radius 1 is 1.25 bits per heavy atom. The van der Waals surface area contributed by atoms with Gasteiger partial charge in [0, 0.05) is 13.1 Å². The zero-order chi connectivity index (χ0) is 14.1. The van der Waals surface area contributed by atoms with E-state index in [1.807, 2.05) is 18.2 Å². The average molecular weight is 267 g/mol. The van der Waals surface area contributed by atoms with Crippen molar-refractivity contribution in [3.63, 3.8) is 0 Å². The molecule has 0 fully saturated rings. The van der Waals surface area contributed by atoms with Crippen molar-refractivity contribution < 1.29 is 9.90 Å². The number of hydrogen-bond acceptors (Lipinski definition) is 2. The fraction of sp³-hybridized carbons (Fsp3) is 0.235. The first-order valence-corrected chi connectivity index (χ1v) is 6.83. The van der Waals surface area contributed by atoms with Crippen LogP contribution in [0, 0.1) is 0 Å². The summed E-state index contributed by atoms with van der Waals surface area (Å²) in [4.78, 5) is 11.1. The average Bonchev–Trinajstić information content (AvgIpc) is 2.47. The molecule has 0 spiro atoms. The predicted molar refractivity (Wildman–Crippen MR) is 79.0 cm³/mol. The predicted octanol–water partition coefficient (Wildman–Crippen LogP) is 3.26. The van der Waals surface area contributed by atoms with Crippen molar-refractivity contribution in [2.75, 3.05) is 6.54 Å². The lowest BCUT2D eigenvalue weighted by Gasteiger charge is -2.26. The maximum atomic E-state index is 11.1. The van der Waals surface area contributed by atoms with Crippen LogP contribution in [0.2, 0.25) is 0 Å². The number of aromatic carboxylic acids is 1. The Morgan fingerprint density at radius 2 is 2.05 bits per heavy atom. The van der Waals surface area contributed by atoms with Gasteiger partial charge in [-0.15, -0.1) is 0 Å². The summed E-state index contributed by atoms with van der Waals surface area (Å²) < 4.78 is 0. The molecule has 0 saturated carbocycles. The van der Waals surface area contributed by atoms with Gasteiger partial charge >= 0.3 is 5.97 Å². The Hall–Kier alpha value is -2.13. The SMILES string of the molecule is CC1CNCc2cccc(-c3cccc(C(=O)O)c3)c21. The maximum Gasteiger partial charge on any atom is 0.335 e. The Kier molecular flexibility index (Phi) is 3.28. The van der Waals surface area contributed by atoms with E-state index < -0.39 is 5.97 Å². The molecule has 20 heavy (non-hydrogen) atoms. The van der Waals surface area contributed by atoms with E-state index in [4.69, 9.17) is 5.11 Å². The molecular formula is C17H17NO2. The number of carboxylic acids is 1. The summed E-state index contributed by atoms with van der Waals surface area (Å²) in [5.41, 5.74) is 5.12. The molecule has 0 aliphatic carbocycles. The van der Waals surface area contributed by atoms with Crippen LogP contribution in [-0.4, -0.2) is 17.6 Å². The van der Waals surface area contributed by atoms with Gasteiger partial charge in [-0.05, 0) is 40.3 Å². The first kappa shape index (κ1) is 12.9. The van der Waals surface area contributed by atoms with Crippen molar-refractivity contribution in [2.45, 2.75) is 19.4 Å². The van der Waals surface area contributed by atoms with Gasteiger partial charge in [0.15, 0.2) is 0 Å². The minimum absolute atomic E-state index is 0.335. The lowest BCUT2D eigenvalue weighted by molar-refractivity contribution is 0.0697. The van der Waals surface area contributed by atoms with Gasteiger partial charge in [-0.2, -0.15) is 0 Å². The van der Waals surface area contributed by atoms with Gasteiger partial charge in [-0.1, -0.05) is 37.3 Å². The Morgan fingerprint density at radius 3 is 2.85 bits per heavy atom. The fourth-order valence-electron chi connectivity index (χ4n) is 2.95. The van der Waals surface area contributed by atoms with Gasteiger partial charge in [-0.25, -0.2) is 4.79 Å². The van der Waals surface area contributed by atoms with Crippen LogP contribution in [0.3, 0.4) is 0 Å². The summed E-state index contributed by atoms with van der Waals surface area (Å²) in [6.07, 6.45) is 0. The molecule has 2 aromatic rings. The molecule has 0 amide bonds. The molecule has 1 unspecified atom stereocenters. The topological polar surface area (TPSA) is 49.3 Å². The molecular weight excluding hydrogens is 250 g/mol. The van der Waals surface area contributed by atoms with Crippen LogP contribution in [0.5, 0.6) is 0 Å². The molecule has 1 atom stereocenters. The third-order valence-electron chi connectivity index (χ3n) is 3.88. The Bertz CT molecular complexity index is 664. The molecule has 0 radical (unpaired) electrons. The molecule has 102 valence electrons. The summed E-state index contributed by atoms with van der Waals surface area (Å²) in [7, 11) is 0. The molecule has 1 heterocycles. The standard InChI is InChI=1S/C17H17NO2/c1-11-9-18-10-14-6-3-7-15(16(11)14)12-4-2-5-13(8-12)17(19)20/h2-8,11,18H,9-10H2,1H3,(H,19,20). The largest absolute Gasteiger partial charge is 0.478 e. The van der Waals surface area contributed by atoms with Crippen molar-refractivity contribution in [1.82, 2.24) is 5.32 Å². The minimum atomic E-state index is -0.883. The molecule has 0 aromatic heterocycles. The first-order valence-electron chi connectivity index (χ1n) is 6.83. The first-order chi connectivity index (χ1) is 9.66. The number of benzene rings is 2. The minimum Gasteiger partial charge on any atom is -0.478 e. The van der Waals surface area contributed by atoms with Gasteiger partial charge < -0.3 is 10.4 Å². The second kappa shape index (κ2) is 5.10. The van der Waals surface area contributed by atoms with Crippen LogP contribution in [0.25, 0.3) is 11.1 Å². The zero-order valence-corrected chi connectivity index (χ0v) is 11.4. The number of hydrogen-bond donors (Lipinski definition) is 2. The normalized spacial score (nSPS) is 17.6. The van der Waals surface area contributed by atoms with E-state index in [-0.39, 0.29) is 0 Å². The molecule has 1 aliphatic rings. The van der Waals surface area contributed by atoms with Crippen molar-refractivity contribution in [1.29, 1.82) is 0 Å². The van der Waals surface area contributed by atoms with Crippen LogP contribution < -0.4 is 5.32 Å². The second-order valence-electron chi connectivity index (χ2n) is 5.30. The van der Waals surface area contributed by atoms with Crippen molar-refractivity contribution >= 4 is 5.97 Å². The molecule has 2 aromatic carbocycles. The number of rotatable bonds is 2. The molecule has 3 rings (SSSR count). The van der Waals surface area contributed by atoms with Crippen LogP contribution >= 0.6 is 0 Å². The molecule has 0 bridgehead atoms. The number of carbonyl (C=O) groups is 1. The summed E-state index contributed by atoms with van der Waals surface area (Å²) in [6.45, 7) is 4.05. The Balaban J connectivity index is 2.15. The zero-order valence-electron chi connectivity index (χ0n) is 11.4. The highest BCUT2D eigenvalue weighted by Crippen LogP contribution is 2.34. The third kappa shape index (κ3) is 2.21. The van der Waals surface area contributed by atoms with E-state index in [9.17, 15) is 4.79 Å². The van der Waals surface area contributed by atoms with E-state index in [0.29, 0.717) is 11.5 Å². The van der Waals surface area contributed by atoms with Gasteiger partial charge in [0.05, 0.1) is 5.56 Å². The van der Waals surface area contributed by atoms with Crippen LogP contribution in [0.4, 0.5) is 0 Å². The van der Waals surface area contributed by atoms with Crippen molar-refractivity contribution in [2.24, 2.45) is 0 Å². The van der Waals surface area contributed by atoms with Crippen LogP contribution in [0.1, 0.15) is 34.3 Å². The second-order valence-corrected chi connectivity index (χ2v) is 5.30. The highest BCUT2D eigenvalue weighted by Gasteiger charge is 2.20. The van der Waals surface area contributed by atoms with E-state index in [1.54, 1.807) is 12.1 Å². The van der Waals surface area contributed by atoms with Crippen LogP contribution in [-0.2, 0) is 6.54 Å². The molecule has 3 nitrogen and oxygen atoms in total. The van der Waals surface area contributed by atoms with E-state index >= 15 is 0 Å². The number of fused-ring (bicyclic) bond motifs is 1. The summed E-state index contributed by atoms with van der Waals surface area (Å²) in [5, 5.41) is 12.5. The molecule has 3 heteroatoms. The van der Waals surface area contributed by atoms with Gasteiger partial charge in [0.25, 0.3) is 0 Å². The summed E-state index contributed by atoms with van der Waals surface area (Å²) >= 11 is 0. The quantitative estimate of drug-likeness (QED) is 0.878. The summed E-state index contributed by atoms with van der Waals surface area (Å²) in [6, 6.07) is 13.4. The lowest BCUT2D eigenvalue weighted by Crippen LogP contribution is -2.27. The van der Waals surface area contributed by atoms with Crippen molar-refractivity contribution in [3.05, 3.63) is 59.2 Å². The van der Waals surface area contributed by atoms with E-state index in [0.717, 1.165) is 24.2 Å². The smallest absolute Gasteiger partial charge is 0.335 e. The monoisotopic (exact) mass is 267 g/mol. The third-order valence-corrected chi connectivity index (χ3v) is 3.88. The van der Waals surface area contributed by atoms with Gasteiger partial charge in [0.1, 0.15) is 0 Å². The number of carboxylic acid groups (broad SMARTS) is 1. The fourth-order valence-corrected chi connectivity index (χ4v) is 2.95. The summed E-state index contributed by atoms with van der Waals surface area (Å²) in [5.74, 6) is -0.449. The molecule has 2 N–H and O–H groups in total. The van der Waals surface area contributed by atoms with E-state index in [2.05, 4.69) is 24.4 Å². The lowest BCUT2D eigenvalue weighted by atomic mass is 9.85. The maximum absolute atomic E-state index is 11.1. The highest BCUT2D eigenvalue weighted by molar-refractivity contribution is 5.89. The Labute approximate surface area is 118 Å².